The zero-order valence-electron chi connectivity index (χ0n) is 16.7. The van der Waals surface area contributed by atoms with Crippen LogP contribution < -0.4 is 5.32 Å². The summed E-state index contributed by atoms with van der Waals surface area (Å²) in [5.74, 6) is 0.821. The number of anilines is 1. The summed E-state index contributed by atoms with van der Waals surface area (Å²) in [6.45, 7) is 4.19. The Bertz CT molecular complexity index is 945. The van der Waals surface area contributed by atoms with Gasteiger partial charge in [-0.3, -0.25) is 9.97 Å². The van der Waals surface area contributed by atoms with Crippen LogP contribution in [0.4, 0.5) is 10.7 Å². The van der Waals surface area contributed by atoms with Crippen LogP contribution >= 0.6 is 34.0 Å². The maximum Gasteiger partial charge on any atom is 0.409 e. The number of para-hydroxylation sites is 2. The number of halogens is 2. The lowest BCUT2D eigenvalue weighted by Gasteiger charge is -2.31. The molecule has 1 N–H and O–H groups in total. The fourth-order valence-corrected chi connectivity index (χ4v) is 3.52. The third-order valence-corrected chi connectivity index (χ3v) is 4.95. The molecule has 0 saturated carbocycles. The molecule has 0 atom stereocenters. The van der Waals surface area contributed by atoms with Gasteiger partial charge >= 0.3 is 6.09 Å². The van der Waals surface area contributed by atoms with Crippen molar-refractivity contribution in [2.75, 3.05) is 25.0 Å². The molecule has 1 aliphatic rings. The summed E-state index contributed by atoms with van der Waals surface area (Å²) in [6, 6.07) is 8.33. The summed E-state index contributed by atoms with van der Waals surface area (Å²) in [6.07, 6.45) is 6.63. The minimum absolute atomic E-state index is 0. The fourth-order valence-electron chi connectivity index (χ4n) is 3.52. The summed E-state index contributed by atoms with van der Waals surface area (Å²) in [5, 5.41) is 3.58. The van der Waals surface area contributed by atoms with Gasteiger partial charge in [-0.25, -0.2) is 9.78 Å². The number of piperidine rings is 1. The monoisotopic (exact) mass is 540 g/mol. The maximum atomic E-state index is 11.9. The van der Waals surface area contributed by atoms with Crippen molar-refractivity contribution in [1.29, 1.82) is 0 Å². The lowest BCUT2D eigenvalue weighted by Crippen LogP contribution is -2.42. The molecule has 0 radical (unpaired) electrons. The highest BCUT2D eigenvalue weighted by atomic mass is 79.9. The molecule has 0 bridgehead atoms. The van der Waals surface area contributed by atoms with E-state index in [1.165, 1.54) is 0 Å². The minimum Gasteiger partial charge on any atom is -0.450 e. The number of nitrogens with one attached hydrogen (secondary N) is 1. The van der Waals surface area contributed by atoms with Gasteiger partial charge in [-0.2, -0.15) is 0 Å². The Hall–Kier alpha value is -2.20. The Morgan fingerprint density at radius 3 is 2.67 bits per heavy atom. The van der Waals surface area contributed by atoms with Gasteiger partial charge in [-0.1, -0.05) is 12.1 Å². The standard InChI is InChI=1S/C20H24N6O2.2BrH/c1-2-28-20(27)25-11-7-15(8-12-25)23-19-24-17-5-3-4-6-18(17)26(19)14-16-13-21-9-10-22-16;;/h3-6,9-10,13,15H,2,7-8,11-12,14H2,1H3,(H,23,24);2*1H. The molecular weight excluding hydrogens is 516 g/mol. The summed E-state index contributed by atoms with van der Waals surface area (Å²) in [7, 11) is 0. The molecule has 1 fully saturated rings. The molecule has 8 nitrogen and oxygen atoms in total. The predicted molar refractivity (Wildman–Crippen MR) is 127 cm³/mol. The van der Waals surface area contributed by atoms with Crippen LogP contribution in [-0.2, 0) is 11.3 Å². The molecule has 3 heterocycles. The number of amides is 1. The van der Waals surface area contributed by atoms with Gasteiger partial charge in [0.25, 0.3) is 0 Å². The second-order valence-electron chi connectivity index (χ2n) is 6.81. The highest BCUT2D eigenvalue weighted by Crippen LogP contribution is 2.23. The second-order valence-corrected chi connectivity index (χ2v) is 6.81. The molecule has 1 saturated heterocycles. The smallest absolute Gasteiger partial charge is 0.409 e. The molecule has 1 aliphatic heterocycles. The number of nitrogens with zero attached hydrogens (tertiary/aromatic N) is 5. The Morgan fingerprint density at radius 2 is 1.97 bits per heavy atom. The quantitative estimate of drug-likeness (QED) is 0.524. The van der Waals surface area contributed by atoms with Crippen molar-refractivity contribution in [3.63, 3.8) is 0 Å². The van der Waals surface area contributed by atoms with E-state index in [-0.39, 0.29) is 46.1 Å². The average Bonchev–Trinajstić information content (AvgIpc) is 3.06. The molecule has 0 spiro atoms. The Morgan fingerprint density at radius 1 is 1.20 bits per heavy atom. The van der Waals surface area contributed by atoms with Crippen LogP contribution in [0.3, 0.4) is 0 Å². The van der Waals surface area contributed by atoms with E-state index in [0.717, 1.165) is 35.5 Å². The minimum atomic E-state index is -0.226. The second kappa shape index (κ2) is 11.3. The van der Waals surface area contributed by atoms with E-state index in [1.54, 1.807) is 23.5 Å². The first kappa shape index (κ1) is 24.1. The highest BCUT2D eigenvalue weighted by Gasteiger charge is 2.25. The third-order valence-electron chi connectivity index (χ3n) is 4.95. The fraction of sp³-hybridized carbons (Fsp3) is 0.400. The molecule has 30 heavy (non-hydrogen) atoms. The molecule has 10 heteroatoms. The Balaban J connectivity index is 0.00000160. The Kier molecular flexibility index (Phi) is 9.04. The van der Waals surface area contributed by atoms with Gasteiger partial charge < -0.3 is 19.5 Å². The van der Waals surface area contributed by atoms with Crippen molar-refractivity contribution < 1.29 is 9.53 Å². The number of aromatic nitrogens is 4. The van der Waals surface area contributed by atoms with Crippen molar-refractivity contribution in [2.45, 2.75) is 32.4 Å². The van der Waals surface area contributed by atoms with Crippen LogP contribution in [0.2, 0.25) is 0 Å². The van der Waals surface area contributed by atoms with Crippen LogP contribution in [0.1, 0.15) is 25.5 Å². The van der Waals surface area contributed by atoms with Gasteiger partial charge in [0.1, 0.15) is 0 Å². The normalized spacial score (nSPS) is 14.0. The molecule has 0 aliphatic carbocycles. The average molecular weight is 542 g/mol. The van der Waals surface area contributed by atoms with E-state index in [0.29, 0.717) is 26.2 Å². The van der Waals surface area contributed by atoms with Gasteiger partial charge in [0.05, 0.1) is 36.1 Å². The number of carbonyl (C=O) groups is 1. The zero-order valence-corrected chi connectivity index (χ0v) is 20.2. The van der Waals surface area contributed by atoms with Gasteiger partial charge in [0, 0.05) is 31.5 Å². The summed E-state index contributed by atoms with van der Waals surface area (Å²) in [5.41, 5.74) is 2.88. The van der Waals surface area contributed by atoms with Gasteiger partial charge in [-0.05, 0) is 31.9 Å². The van der Waals surface area contributed by atoms with Crippen LogP contribution in [0, 0.1) is 0 Å². The first-order valence-electron chi connectivity index (χ1n) is 9.63. The van der Waals surface area contributed by atoms with Crippen molar-refractivity contribution >= 4 is 57.0 Å². The summed E-state index contributed by atoms with van der Waals surface area (Å²) < 4.78 is 7.23. The zero-order chi connectivity index (χ0) is 19.3. The number of carbonyl (C=O) groups excluding carboxylic acids is 1. The number of imidazole rings is 1. The number of likely N-dealkylation sites (tertiary alicyclic amines) is 1. The molecule has 3 aromatic rings. The van der Waals surface area contributed by atoms with Crippen molar-refractivity contribution in [3.8, 4) is 0 Å². The Labute approximate surface area is 196 Å². The number of rotatable bonds is 5. The van der Waals surface area contributed by atoms with Gasteiger partial charge in [0.2, 0.25) is 5.95 Å². The molecule has 4 rings (SSSR count). The number of benzene rings is 1. The summed E-state index contributed by atoms with van der Waals surface area (Å²) in [4.78, 5) is 27.0. The van der Waals surface area contributed by atoms with Crippen LogP contribution in [0.5, 0.6) is 0 Å². The van der Waals surface area contributed by atoms with Gasteiger partial charge in [0.15, 0.2) is 0 Å². The molecule has 1 aromatic carbocycles. The third kappa shape index (κ3) is 5.48. The lowest BCUT2D eigenvalue weighted by molar-refractivity contribution is 0.0983. The number of hydrogen-bond donors (Lipinski definition) is 1. The van der Waals surface area contributed by atoms with Gasteiger partial charge in [-0.15, -0.1) is 34.0 Å². The van der Waals surface area contributed by atoms with Crippen LogP contribution in [0.15, 0.2) is 42.9 Å². The molecular formula is C20H26Br2N6O2. The predicted octanol–water partition coefficient (Wildman–Crippen LogP) is 4.06. The van der Waals surface area contributed by atoms with E-state index in [4.69, 9.17) is 9.72 Å². The van der Waals surface area contributed by atoms with E-state index < -0.39 is 0 Å². The largest absolute Gasteiger partial charge is 0.450 e. The van der Waals surface area contributed by atoms with Crippen molar-refractivity contribution in [3.05, 3.63) is 48.5 Å². The first-order chi connectivity index (χ1) is 13.7. The number of fused-ring (bicyclic) bond motifs is 1. The van der Waals surface area contributed by atoms with E-state index in [2.05, 4.69) is 25.9 Å². The van der Waals surface area contributed by atoms with Crippen molar-refractivity contribution in [2.24, 2.45) is 0 Å². The van der Waals surface area contributed by atoms with E-state index >= 15 is 0 Å². The molecule has 0 unspecified atom stereocenters. The SMILES string of the molecule is Br.Br.CCOC(=O)N1CCC(Nc2nc3ccccc3n2Cc2cnccn2)CC1. The van der Waals surface area contributed by atoms with Crippen LogP contribution in [0.25, 0.3) is 11.0 Å². The number of hydrogen-bond acceptors (Lipinski definition) is 6. The van der Waals surface area contributed by atoms with Crippen molar-refractivity contribution in [1.82, 2.24) is 24.4 Å². The van der Waals surface area contributed by atoms with E-state index in [1.807, 2.05) is 25.1 Å². The lowest BCUT2D eigenvalue weighted by atomic mass is 10.1. The maximum absolute atomic E-state index is 11.9. The summed E-state index contributed by atoms with van der Waals surface area (Å²) >= 11 is 0. The molecule has 162 valence electrons. The number of ether oxygens (including phenoxy) is 1. The molecule has 2 aromatic heterocycles. The topological polar surface area (TPSA) is 85.2 Å². The van der Waals surface area contributed by atoms with E-state index in [9.17, 15) is 4.79 Å². The highest BCUT2D eigenvalue weighted by molar-refractivity contribution is 8.93. The first-order valence-corrected chi connectivity index (χ1v) is 9.63. The van der Waals surface area contributed by atoms with Crippen LogP contribution in [-0.4, -0.2) is 56.3 Å². The molecule has 1 amide bonds.